The molecule has 1 saturated heterocycles. The smallest absolute Gasteiger partial charge is 0.271 e. The predicted molar refractivity (Wildman–Crippen MR) is 121 cm³/mol. The summed E-state index contributed by atoms with van der Waals surface area (Å²) in [6.07, 6.45) is 8.66. The van der Waals surface area contributed by atoms with E-state index in [4.69, 9.17) is 0 Å². The van der Waals surface area contributed by atoms with Crippen LogP contribution in [0.5, 0.6) is 0 Å². The molecule has 0 radical (unpaired) electrons. The molecule has 2 amide bonds. The molecule has 1 aliphatic rings. The van der Waals surface area contributed by atoms with Gasteiger partial charge in [0.15, 0.2) is 0 Å². The first kappa shape index (κ1) is 23.6. The highest BCUT2D eigenvalue weighted by molar-refractivity contribution is 7.89. The van der Waals surface area contributed by atoms with Crippen LogP contribution in [0.15, 0.2) is 35.9 Å². The van der Waals surface area contributed by atoms with E-state index in [0.717, 1.165) is 5.56 Å². The minimum absolute atomic E-state index is 0.0475. The van der Waals surface area contributed by atoms with Gasteiger partial charge in [-0.25, -0.2) is 8.42 Å². The average molecular weight is 490 g/mol. The number of amides is 2. The molecule has 4 heterocycles. The summed E-state index contributed by atoms with van der Waals surface area (Å²) in [6.45, 7) is 0.650. The normalized spacial score (nSPS) is 17.0. The van der Waals surface area contributed by atoms with Crippen molar-refractivity contribution in [3.63, 3.8) is 0 Å². The summed E-state index contributed by atoms with van der Waals surface area (Å²) in [7, 11) is 1.29. The lowest BCUT2D eigenvalue weighted by molar-refractivity contribution is -0.120. The number of sulfonamides is 1. The molecule has 0 bridgehead atoms. The lowest BCUT2D eigenvalue weighted by Crippen LogP contribution is -2.43. The van der Waals surface area contributed by atoms with E-state index in [2.05, 4.69) is 25.9 Å². The van der Waals surface area contributed by atoms with Crippen LogP contribution in [0.25, 0.3) is 0 Å². The zero-order valence-corrected chi connectivity index (χ0v) is 20.0. The zero-order valence-electron chi connectivity index (χ0n) is 19.2. The second-order valence-electron chi connectivity index (χ2n) is 8.28. The third-order valence-electron chi connectivity index (χ3n) is 5.70. The average Bonchev–Trinajstić information content (AvgIpc) is 3.52. The molecule has 3 aromatic heterocycles. The van der Waals surface area contributed by atoms with Gasteiger partial charge in [-0.05, 0) is 12.8 Å². The van der Waals surface area contributed by atoms with E-state index in [1.165, 1.54) is 32.3 Å². The second-order valence-corrected chi connectivity index (χ2v) is 10.2. The quantitative estimate of drug-likeness (QED) is 0.469. The summed E-state index contributed by atoms with van der Waals surface area (Å²) in [5.41, 5.74) is 1.30. The zero-order chi connectivity index (χ0) is 24.5. The summed E-state index contributed by atoms with van der Waals surface area (Å²) in [6, 6.07) is 0. The first-order valence-electron chi connectivity index (χ1n) is 10.7. The van der Waals surface area contributed by atoms with Crippen LogP contribution in [-0.4, -0.2) is 67.0 Å². The van der Waals surface area contributed by atoms with Crippen molar-refractivity contribution in [2.75, 3.05) is 18.4 Å². The Morgan fingerprint density at radius 1 is 1.06 bits per heavy atom. The molecule has 1 atom stereocenters. The number of nitrogens with one attached hydrogen (secondary N) is 2. The van der Waals surface area contributed by atoms with Gasteiger partial charge >= 0.3 is 0 Å². The van der Waals surface area contributed by atoms with Crippen LogP contribution in [0.4, 0.5) is 5.69 Å². The van der Waals surface area contributed by atoms with Crippen molar-refractivity contribution in [3.8, 4) is 0 Å². The molecule has 0 aromatic carbocycles. The molecule has 34 heavy (non-hydrogen) atoms. The third kappa shape index (κ3) is 4.87. The number of nitrogens with zero attached hydrogens (tertiary/aromatic N) is 7. The fourth-order valence-corrected chi connectivity index (χ4v) is 5.43. The van der Waals surface area contributed by atoms with Gasteiger partial charge in [0.2, 0.25) is 15.9 Å². The summed E-state index contributed by atoms with van der Waals surface area (Å²) in [5.74, 6) is -1.32. The van der Waals surface area contributed by atoms with E-state index in [0.29, 0.717) is 19.4 Å². The minimum atomic E-state index is -3.75. The van der Waals surface area contributed by atoms with Crippen LogP contribution in [0, 0.1) is 5.92 Å². The topological polar surface area (TPSA) is 149 Å². The molecule has 0 unspecified atom stereocenters. The lowest BCUT2D eigenvalue weighted by Gasteiger charge is -2.30. The Morgan fingerprint density at radius 2 is 1.79 bits per heavy atom. The highest BCUT2D eigenvalue weighted by Gasteiger charge is 2.34. The van der Waals surface area contributed by atoms with E-state index in [1.54, 1.807) is 38.2 Å². The highest BCUT2D eigenvalue weighted by Crippen LogP contribution is 2.25. The Labute approximate surface area is 196 Å². The van der Waals surface area contributed by atoms with Crippen LogP contribution < -0.4 is 10.6 Å². The van der Waals surface area contributed by atoms with Gasteiger partial charge in [0.25, 0.3) is 5.91 Å². The number of carbonyl (C=O) groups excluding carboxylic acids is 2. The van der Waals surface area contributed by atoms with Gasteiger partial charge in [-0.1, -0.05) is 0 Å². The molecule has 0 spiro atoms. The summed E-state index contributed by atoms with van der Waals surface area (Å²) in [5, 5.41) is 17.7. The molecule has 1 aliphatic heterocycles. The number of aryl methyl sites for hydroxylation is 3. The van der Waals surface area contributed by atoms with Gasteiger partial charge in [-0.15, -0.1) is 0 Å². The number of piperidine rings is 1. The van der Waals surface area contributed by atoms with Crippen molar-refractivity contribution >= 4 is 27.5 Å². The Hall–Kier alpha value is -3.52. The maximum absolute atomic E-state index is 13.0. The van der Waals surface area contributed by atoms with Crippen molar-refractivity contribution in [2.45, 2.75) is 24.3 Å². The first-order valence-corrected chi connectivity index (χ1v) is 12.2. The molecule has 0 saturated carbocycles. The highest BCUT2D eigenvalue weighted by atomic mass is 32.2. The Morgan fingerprint density at radius 3 is 2.47 bits per heavy atom. The molecule has 1 fully saturated rings. The Kier molecular flexibility index (Phi) is 6.52. The van der Waals surface area contributed by atoms with Crippen molar-refractivity contribution < 1.29 is 18.0 Å². The minimum Gasteiger partial charge on any atom is -0.346 e. The largest absolute Gasteiger partial charge is 0.346 e. The number of hydrogen-bond acceptors (Lipinski definition) is 7. The molecular weight excluding hydrogens is 462 g/mol. The van der Waals surface area contributed by atoms with Crippen molar-refractivity contribution in [1.29, 1.82) is 0 Å². The number of carbonyl (C=O) groups is 2. The van der Waals surface area contributed by atoms with Crippen LogP contribution in [-0.2, 0) is 42.5 Å². The molecular formula is C20H27N9O4S. The van der Waals surface area contributed by atoms with Gasteiger partial charge in [-0.3, -0.25) is 23.6 Å². The monoisotopic (exact) mass is 489 g/mol. The molecule has 3 aromatic rings. The second kappa shape index (κ2) is 9.38. The van der Waals surface area contributed by atoms with Gasteiger partial charge in [-0.2, -0.15) is 19.6 Å². The van der Waals surface area contributed by atoms with Crippen LogP contribution in [0.1, 0.15) is 28.9 Å². The first-order chi connectivity index (χ1) is 16.1. The Bertz CT molecular complexity index is 1310. The predicted octanol–water partition coefficient (Wildman–Crippen LogP) is -0.143. The molecule has 14 heteroatoms. The van der Waals surface area contributed by atoms with E-state index in [9.17, 15) is 18.0 Å². The molecule has 182 valence electrons. The molecule has 13 nitrogen and oxygen atoms in total. The maximum atomic E-state index is 13.0. The van der Waals surface area contributed by atoms with Gasteiger partial charge in [0.05, 0.1) is 30.2 Å². The van der Waals surface area contributed by atoms with Crippen molar-refractivity contribution in [2.24, 2.45) is 27.1 Å². The van der Waals surface area contributed by atoms with Crippen LogP contribution in [0.2, 0.25) is 0 Å². The van der Waals surface area contributed by atoms with Crippen molar-refractivity contribution in [1.82, 2.24) is 39.0 Å². The van der Waals surface area contributed by atoms with E-state index in [1.807, 2.05) is 0 Å². The summed E-state index contributed by atoms with van der Waals surface area (Å²) in [4.78, 5) is 25.9. The van der Waals surface area contributed by atoms with E-state index in [-0.39, 0.29) is 35.3 Å². The van der Waals surface area contributed by atoms with Gasteiger partial charge in [0.1, 0.15) is 10.6 Å². The lowest BCUT2D eigenvalue weighted by atomic mass is 9.98. The molecule has 4 rings (SSSR count). The Balaban J connectivity index is 1.43. The van der Waals surface area contributed by atoms with Crippen molar-refractivity contribution in [3.05, 3.63) is 42.2 Å². The van der Waals surface area contributed by atoms with E-state index >= 15 is 0 Å². The number of hydrogen-bond donors (Lipinski definition) is 2. The number of rotatable bonds is 7. The SMILES string of the molecule is Cn1cc(CNC(=O)c2c(NC(=O)[C@@H]3CCCN(S(=O)(=O)c4cnn(C)c4)C3)cnn2C)cn1. The van der Waals surface area contributed by atoms with Crippen LogP contribution >= 0.6 is 0 Å². The molecule has 2 N–H and O–H groups in total. The molecule has 0 aliphatic carbocycles. The van der Waals surface area contributed by atoms with Crippen LogP contribution in [0.3, 0.4) is 0 Å². The van der Waals surface area contributed by atoms with Gasteiger partial charge in [0, 0.05) is 58.7 Å². The van der Waals surface area contributed by atoms with Gasteiger partial charge < -0.3 is 10.6 Å². The number of anilines is 1. The summed E-state index contributed by atoms with van der Waals surface area (Å²) >= 11 is 0. The third-order valence-corrected chi connectivity index (χ3v) is 7.52. The summed E-state index contributed by atoms with van der Waals surface area (Å²) < 4.78 is 31.6. The standard InChI is InChI=1S/C20H27N9O4S/c1-26-11-14(8-22-26)7-21-20(31)18-17(10-24-28(18)3)25-19(30)15-5-4-6-29(12-15)34(32,33)16-9-23-27(2)13-16/h8-11,13,15H,4-7,12H2,1-3H3,(H,21,31)(H,25,30)/t15-/m1/s1. The fourth-order valence-electron chi connectivity index (χ4n) is 3.92. The number of aromatic nitrogens is 6. The maximum Gasteiger partial charge on any atom is 0.271 e. The van der Waals surface area contributed by atoms with E-state index < -0.39 is 21.8 Å². The fraction of sp³-hybridized carbons (Fsp3) is 0.450.